The second kappa shape index (κ2) is 8.56. The average Bonchev–Trinajstić information content (AvgIpc) is 3.06. The number of rotatable bonds is 4. The van der Waals surface area contributed by atoms with Crippen LogP contribution in [0, 0.1) is 20.8 Å². The highest BCUT2D eigenvalue weighted by atomic mass is 16.3. The summed E-state index contributed by atoms with van der Waals surface area (Å²) in [5.74, 6) is -0.656. The Kier molecular flexibility index (Phi) is 5.67. The van der Waals surface area contributed by atoms with E-state index in [1.807, 2.05) is 42.6 Å². The molecule has 5 nitrogen and oxygen atoms in total. The minimum Gasteiger partial charge on any atom is -0.856 e. The number of aryl methyl sites for hydroxylation is 3. The number of benzene rings is 3. The molecule has 2 atom stereocenters. The molecule has 0 spiro atoms. The third-order valence-corrected chi connectivity index (χ3v) is 5.54. The molecule has 0 radical (unpaired) electrons. The number of hydrogen-bond donors (Lipinski definition) is 1. The second-order valence-electron chi connectivity index (χ2n) is 7.93. The normalized spacial score (nSPS) is 19.3. The third kappa shape index (κ3) is 4.26. The van der Waals surface area contributed by atoms with Crippen LogP contribution >= 0.6 is 0 Å². The fourth-order valence-electron chi connectivity index (χ4n) is 4.11. The van der Waals surface area contributed by atoms with Gasteiger partial charge in [0.1, 0.15) is 6.04 Å². The summed E-state index contributed by atoms with van der Waals surface area (Å²) in [5, 5.41) is 20.1. The van der Waals surface area contributed by atoms with Gasteiger partial charge in [-0.15, -0.1) is 0 Å². The molecule has 31 heavy (non-hydrogen) atoms. The topological polar surface area (TPSA) is 67.5 Å². The predicted molar refractivity (Wildman–Crippen MR) is 120 cm³/mol. The van der Waals surface area contributed by atoms with Gasteiger partial charge >= 0.3 is 0 Å². The van der Waals surface area contributed by atoms with Crippen LogP contribution in [-0.2, 0) is 0 Å². The predicted octanol–water partition coefficient (Wildman–Crippen LogP) is 3.27. The molecule has 1 aliphatic heterocycles. The van der Waals surface area contributed by atoms with Crippen LogP contribution in [0.3, 0.4) is 0 Å². The maximum atomic E-state index is 12.9. The average molecular weight is 412 g/mol. The van der Waals surface area contributed by atoms with E-state index < -0.39 is 12.1 Å². The van der Waals surface area contributed by atoms with Crippen LogP contribution in [0.4, 0.5) is 0 Å². The molecular formula is C26H25N3O2. The van der Waals surface area contributed by atoms with Crippen molar-refractivity contribution in [3.05, 3.63) is 106 Å². The van der Waals surface area contributed by atoms with Gasteiger partial charge in [-0.1, -0.05) is 70.9 Å². The van der Waals surface area contributed by atoms with Crippen molar-refractivity contribution in [2.24, 2.45) is 5.10 Å². The highest BCUT2D eigenvalue weighted by Gasteiger charge is 2.41. The summed E-state index contributed by atoms with van der Waals surface area (Å²) >= 11 is 0. The Hall–Kier alpha value is -3.73. The lowest BCUT2D eigenvalue weighted by atomic mass is 9.98. The van der Waals surface area contributed by atoms with Crippen LogP contribution in [0.1, 0.15) is 44.2 Å². The molecule has 1 heterocycles. The zero-order valence-electron chi connectivity index (χ0n) is 17.9. The van der Waals surface area contributed by atoms with Crippen molar-refractivity contribution in [1.82, 2.24) is 5.32 Å². The molecule has 3 aromatic rings. The van der Waals surface area contributed by atoms with Crippen molar-refractivity contribution < 1.29 is 14.6 Å². The molecule has 156 valence electrons. The third-order valence-electron chi connectivity index (χ3n) is 5.54. The number of hydrazone groups is 1. The number of nitrogens with zero attached hydrogens (tertiary/aromatic N) is 2. The first-order valence-electron chi connectivity index (χ1n) is 10.3. The van der Waals surface area contributed by atoms with E-state index in [4.69, 9.17) is 0 Å². The van der Waals surface area contributed by atoms with E-state index in [1.165, 1.54) is 5.56 Å². The summed E-state index contributed by atoms with van der Waals surface area (Å²) < 4.78 is 1.69. The van der Waals surface area contributed by atoms with E-state index in [0.29, 0.717) is 5.56 Å². The molecule has 3 aromatic carbocycles. The van der Waals surface area contributed by atoms with E-state index >= 15 is 0 Å². The Balaban J connectivity index is 1.75. The second-order valence-corrected chi connectivity index (χ2v) is 7.93. The fraction of sp³-hybridized carbons (Fsp3) is 0.192. The molecule has 1 N–H and O–H groups in total. The largest absolute Gasteiger partial charge is 0.856 e. The Morgan fingerprint density at radius 3 is 2.16 bits per heavy atom. The number of amides is 1. The zero-order valence-corrected chi connectivity index (χ0v) is 17.9. The van der Waals surface area contributed by atoms with Gasteiger partial charge < -0.3 is 10.4 Å². The number of hydrogen-bond acceptors (Lipinski definition) is 3. The van der Waals surface area contributed by atoms with Crippen LogP contribution in [-0.4, -0.2) is 28.7 Å². The number of carbonyl (C=O) groups excluding carboxylic acids is 1. The first-order chi connectivity index (χ1) is 14.9. The number of carbonyl (C=O) groups is 1. The summed E-state index contributed by atoms with van der Waals surface area (Å²) in [6.07, 6.45) is 1.91. The molecule has 0 saturated carbocycles. The SMILES string of the molecule is Cc1cc(C)c(/C=[N+]2\N=C([O-])[C@H](NC(=O)c3ccccc3)[C@H]2c2ccccc2)c(C)c1. The lowest BCUT2D eigenvalue weighted by Gasteiger charge is -2.20. The molecular weight excluding hydrogens is 386 g/mol. The lowest BCUT2D eigenvalue weighted by Crippen LogP contribution is -2.47. The first kappa shape index (κ1) is 20.5. The quantitative estimate of drug-likeness (QED) is 0.670. The van der Waals surface area contributed by atoms with E-state index in [2.05, 4.69) is 43.3 Å². The van der Waals surface area contributed by atoms with Crippen molar-refractivity contribution >= 4 is 18.0 Å². The van der Waals surface area contributed by atoms with Gasteiger partial charge in [0.15, 0.2) is 0 Å². The van der Waals surface area contributed by atoms with Crippen molar-refractivity contribution in [3.8, 4) is 0 Å². The van der Waals surface area contributed by atoms with Crippen LogP contribution in [0.15, 0.2) is 77.9 Å². The van der Waals surface area contributed by atoms with Gasteiger partial charge in [0.25, 0.3) is 5.91 Å². The molecule has 1 amide bonds. The summed E-state index contributed by atoms with van der Waals surface area (Å²) in [6.45, 7) is 6.17. The van der Waals surface area contributed by atoms with Crippen LogP contribution in [0.2, 0.25) is 0 Å². The Bertz CT molecular complexity index is 1140. The standard InChI is InChI=1S/C26H25N3O2/c1-17-14-18(2)22(19(3)15-17)16-29-24(20-10-6-4-7-11-20)23(26(31)28-29)27-25(30)21-12-8-5-9-13-21/h4-16,23-24H,1-3H3,(H-,27,28,30,31)/b29-16-/t23-,24-/m1/s1. The van der Waals surface area contributed by atoms with Gasteiger partial charge in [-0.2, -0.15) is 0 Å². The molecule has 0 bridgehead atoms. The van der Waals surface area contributed by atoms with Crippen molar-refractivity contribution in [3.63, 3.8) is 0 Å². The summed E-state index contributed by atoms with van der Waals surface area (Å²) in [5.41, 5.74) is 5.86. The van der Waals surface area contributed by atoms with Gasteiger partial charge in [-0.05, 0) is 49.1 Å². The minimum atomic E-state index is -0.780. The van der Waals surface area contributed by atoms with Gasteiger partial charge in [0, 0.05) is 16.7 Å². The van der Waals surface area contributed by atoms with Crippen molar-refractivity contribution in [1.29, 1.82) is 0 Å². The molecule has 1 aliphatic rings. The molecule has 0 unspecified atom stereocenters. The van der Waals surface area contributed by atoms with Crippen LogP contribution in [0.5, 0.6) is 0 Å². The first-order valence-corrected chi connectivity index (χ1v) is 10.3. The Morgan fingerprint density at radius 2 is 1.55 bits per heavy atom. The van der Waals surface area contributed by atoms with Crippen molar-refractivity contribution in [2.75, 3.05) is 0 Å². The Morgan fingerprint density at radius 1 is 0.968 bits per heavy atom. The van der Waals surface area contributed by atoms with E-state index in [-0.39, 0.29) is 11.8 Å². The van der Waals surface area contributed by atoms with Gasteiger partial charge in [-0.25, -0.2) is 0 Å². The maximum Gasteiger partial charge on any atom is 0.252 e. The smallest absolute Gasteiger partial charge is 0.252 e. The zero-order chi connectivity index (χ0) is 22.0. The summed E-state index contributed by atoms with van der Waals surface area (Å²) in [7, 11) is 0. The molecule has 0 aliphatic carbocycles. The fourth-order valence-corrected chi connectivity index (χ4v) is 4.11. The van der Waals surface area contributed by atoms with E-state index in [1.54, 1.807) is 28.9 Å². The minimum absolute atomic E-state index is 0.292. The molecule has 0 aromatic heterocycles. The van der Waals surface area contributed by atoms with Gasteiger partial charge in [-0.3, -0.25) is 4.79 Å². The summed E-state index contributed by atoms with van der Waals surface area (Å²) in [6, 6.07) is 21.6. The monoisotopic (exact) mass is 411 g/mol. The van der Waals surface area contributed by atoms with Crippen LogP contribution < -0.4 is 10.4 Å². The molecule has 0 fully saturated rings. The van der Waals surface area contributed by atoms with Gasteiger partial charge in [0.2, 0.25) is 12.3 Å². The highest BCUT2D eigenvalue weighted by molar-refractivity contribution is 5.97. The maximum absolute atomic E-state index is 12.9. The van der Waals surface area contributed by atoms with E-state index in [0.717, 1.165) is 22.3 Å². The van der Waals surface area contributed by atoms with Crippen molar-refractivity contribution in [2.45, 2.75) is 32.9 Å². The van der Waals surface area contributed by atoms with Gasteiger partial charge in [0.05, 0.1) is 5.90 Å². The molecule has 5 heteroatoms. The van der Waals surface area contributed by atoms with E-state index in [9.17, 15) is 9.90 Å². The highest BCUT2D eigenvalue weighted by Crippen LogP contribution is 2.27. The Labute approximate surface area is 182 Å². The number of nitrogens with one attached hydrogen (secondary N) is 1. The molecule has 0 saturated heterocycles. The molecule has 4 rings (SSSR count). The summed E-state index contributed by atoms with van der Waals surface area (Å²) in [4.78, 5) is 12.8. The lowest BCUT2D eigenvalue weighted by molar-refractivity contribution is -0.565. The van der Waals surface area contributed by atoms with Crippen LogP contribution in [0.25, 0.3) is 0 Å².